The molecule has 1 saturated heterocycles. The highest BCUT2D eigenvalue weighted by atomic mass is 79.9. The highest BCUT2D eigenvalue weighted by molar-refractivity contribution is 9.11. The lowest BCUT2D eigenvalue weighted by Gasteiger charge is -2.17. The third kappa shape index (κ3) is 5.55. The second kappa shape index (κ2) is 11.1. The Morgan fingerprint density at radius 3 is 2.34 bits per heavy atom. The number of carbonyl (C=O) groups is 1. The van der Waals surface area contributed by atoms with Crippen molar-refractivity contribution in [2.24, 2.45) is 0 Å². The van der Waals surface area contributed by atoms with E-state index >= 15 is 0 Å². The average Bonchev–Trinajstić information content (AvgIpc) is 3.10. The van der Waals surface area contributed by atoms with Crippen molar-refractivity contribution in [2.75, 3.05) is 19.1 Å². The molecule has 4 rings (SSSR count). The SMILES string of the molecule is COc1ccc(/C=C2/NC(=S)N(c3ccccc3OC)C2=O)cc1COc1c(Br)cc(Br)cc1Br. The third-order valence-electron chi connectivity index (χ3n) is 5.15. The van der Waals surface area contributed by atoms with Gasteiger partial charge in [0.2, 0.25) is 0 Å². The van der Waals surface area contributed by atoms with Crippen LogP contribution in [0.25, 0.3) is 6.08 Å². The maximum absolute atomic E-state index is 13.2. The van der Waals surface area contributed by atoms with Gasteiger partial charge in [-0.2, -0.15) is 0 Å². The number of carbonyl (C=O) groups excluding carboxylic acids is 1. The smallest absolute Gasteiger partial charge is 0.281 e. The summed E-state index contributed by atoms with van der Waals surface area (Å²) in [7, 11) is 3.16. The van der Waals surface area contributed by atoms with Crippen LogP contribution in [0.2, 0.25) is 0 Å². The molecule has 1 N–H and O–H groups in total. The second-order valence-electron chi connectivity index (χ2n) is 7.36. The molecule has 35 heavy (non-hydrogen) atoms. The van der Waals surface area contributed by atoms with E-state index < -0.39 is 0 Å². The molecule has 6 nitrogen and oxygen atoms in total. The van der Waals surface area contributed by atoms with Crippen LogP contribution in [-0.2, 0) is 11.4 Å². The molecule has 0 unspecified atom stereocenters. The maximum Gasteiger partial charge on any atom is 0.281 e. The summed E-state index contributed by atoms with van der Waals surface area (Å²) in [5, 5.41) is 3.30. The van der Waals surface area contributed by atoms with E-state index in [9.17, 15) is 4.79 Å². The monoisotopic (exact) mass is 680 g/mol. The summed E-state index contributed by atoms with van der Waals surface area (Å²) >= 11 is 16.0. The number of thiocarbonyl (C=S) groups is 1. The fraction of sp³-hybridized carbons (Fsp3) is 0.120. The molecule has 1 amide bonds. The van der Waals surface area contributed by atoms with Gasteiger partial charge in [-0.15, -0.1) is 0 Å². The van der Waals surface area contributed by atoms with Crippen molar-refractivity contribution in [3.8, 4) is 17.2 Å². The zero-order valence-electron chi connectivity index (χ0n) is 18.6. The summed E-state index contributed by atoms with van der Waals surface area (Å²) in [5.74, 6) is 1.63. The topological polar surface area (TPSA) is 60.0 Å². The van der Waals surface area contributed by atoms with E-state index in [1.54, 1.807) is 32.4 Å². The summed E-state index contributed by atoms with van der Waals surface area (Å²) in [6, 6.07) is 16.7. The minimum atomic E-state index is -0.268. The molecule has 0 bridgehead atoms. The molecule has 1 fully saturated rings. The van der Waals surface area contributed by atoms with Crippen molar-refractivity contribution in [3.63, 3.8) is 0 Å². The first-order valence-electron chi connectivity index (χ1n) is 10.3. The zero-order valence-corrected chi connectivity index (χ0v) is 24.2. The van der Waals surface area contributed by atoms with Gasteiger partial charge in [0.05, 0.1) is 28.9 Å². The molecule has 1 aliphatic heterocycles. The Morgan fingerprint density at radius 2 is 1.66 bits per heavy atom. The van der Waals surface area contributed by atoms with Gasteiger partial charge in [0.25, 0.3) is 5.91 Å². The van der Waals surface area contributed by atoms with E-state index in [1.165, 1.54) is 4.90 Å². The Morgan fingerprint density at radius 1 is 0.971 bits per heavy atom. The third-order valence-corrected chi connectivity index (χ3v) is 7.08. The Kier molecular flexibility index (Phi) is 8.16. The Hall–Kier alpha value is -2.40. The molecular weight excluding hydrogens is 664 g/mol. The Labute approximate surface area is 233 Å². The largest absolute Gasteiger partial charge is 0.496 e. The van der Waals surface area contributed by atoms with E-state index in [1.807, 2.05) is 42.5 Å². The predicted molar refractivity (Wildman–Crippen MR) is 151 cm³/mol. The van der Waals surface area contributed by atoms with E-state index in [4.69, 9.17) is 26.4 Å². The van der Waals surface area contributed by atoms with Gasteiger partial charge in [0.15, 0.2) is 5.11 Å². The molecule has 3 aromatic rings. The number of methoxy groups -OCH3 is 2. The standard InChI is InChI=1S/C25H19Br3N2O4S/c1-32-21-8-7-14(9-15(21)13-34-23-17(27)11-16(26)12-18(23)28)10-19-24(31)30(25(35)29-19)20-5-3-4-6-22(20)33-2/h3-12H,13H2,1-2H3,(H,29,35)/b19-10+. The molecule has 1 heterocycles. The van der Waals surface area contributed by atoms with Crippen molar-refractivity contribution in [3.05, 3.63) is 84.8 Å². The molecule has 180 valence electrons. The highest BCUT2D eigenvalue weighted by Gasteiger charge is 2.33. The minimum absolute atomic E-state index is 0.256. The van der Waals surface area contributed by atoms with Gasteiger partial charge in [0.1, 0.15) is 29.6 Å². The molecule has 0 saturated carbocycles. The molecule has 3 aromatic carbocycles. The summed E-state index contributed by atoms with van der Waals surface area (Å²) in [6.07, 6.45) is 1.75. The van der Waals surface area contributed by atoms with Crippen LogP contribution in [-0.4, -0.2) is 25.2 Å². The first-order chi connectivity index (χ1) is 16.8. The van der Waals surface area contributed by atoms with Crippen LogP contribution in [0, 0.1) is 0 Å². The van der Waals surface area contributed by atoms with Crippen LogP contribution in [0.5, 0.6) is 17.2 Å². The van der Waals surface area contributed by atoms with Crippen LogP contribution in [0.1, 0.15) is 11.1 Å². The first-order valence-corrected chi connectivity index (χ1v) is 13.1. The van der Waals surface area contributed by atoms with Crippen molar-refractivity contribution in [1.82, 2.24) is 5.32 Å². The van der Waals surface area contributed by atoms with Gasteiger partial charge >= 0.3 is 0 Å². The maximum atomic E-state index is 13.2. The lowest BCUT2D eigenvalue weighted by molar-refractivity contribution is -0.113. The normalized spacial score (nSPS) is 14.3. The first kappa shape index (κ1) is 25.7. The fourth-order valence-corrected chi connectivity index (χ4v) is 6.33. The van der Waals surface area contributed by atoms with Gasteiger partial charge in [-0.3, -0.25) is 4.79 Å². The molecular formula is C25H19Br3N2O4S. The number of anilines is 1. The van der Waals surface area contributed by atoms with Crippen molar-refractivity contribution in [2.45, 2.75) is 6.61 Å². The molecule has 0 radical (unpaired) electrons. The van der Waals surface area contributed by atoms with Crippen LogP contribution < -0.4 is 24.4 Å². The van der Waals surface area contributed by atoms with E-state index in [2.05, 4.69) is 53.1 Å². The van der Waals surface area contributed by atoms with Gasteiger partial charge in [-0.1, -0.05) is 34.1 Å². The van der Waals surface area contributed by atoms with Gasteiger partial charge < -0.3 is 19.5 Å². The molecule has 0 atom stereocenters. The highest BCUT2D eigenvalue weighted by Crippen LogP contribution is 2.37. The lowest BCUT2D eigenvalue weighted by Crippen LogP contribution is -2.30. The number of nitrogens with one attached hydrogen (secondary N) is 1. The van der Waals surface area contributed by atoms with Crippen molar-refractivity contribution in [1.29, 1.82) is 0 Å². The average molecular weight is 683 g/mol. The van der Waals surface area contributed by atoms with Crippen LogP contribution in [0.15, 0.2) is 73.7 Å². The Bertz CT molecular complexity index is 1320. The number of hydrogen-bond acceptors (Lipinski definition) is 5. The van der Waals surface area contributed by atoms with Crippen molar-refractivity contribution < 1.29 is 19.0 Å². The number of ether oxygens (including phenoxy) is 3. The molecule has 1 aliphatic rings. The van der Waals surface area contributed by atoms with Crippen LogP contribution >= 0.6 is 60.0 Å². The zero-order chi connectivity index (χ0) is 25.1. The predicted octanol–water partition coefficient (Wildman–Crippen LogP) is 6.83. The number of para-hydroxylation sites is 2. The molecule has 10 heteroatoms. The molecule has 0 spiro atoms. The Balaban J connectivity index is 1.60. The lowest BCUT2D eigenvalue weighted by atomic mass is 10.1. The number of halogens is 3. The summed E-state index contributed by atoms with van der Waals surface area (Å²) in [4.78, 5) is 14.6. The number of rotatable bonds is 7. The second-order valence-corrected chi connectivity index (χ2v) is 10.4. The minimum Gasteiger partial charge on any atom is -0.496 e. The summed E-state index contributed by atoms with van der Waals surface area (Å²) in [6.45, 7) is 0.256. The van der Waals surface area contributed by atoms with E-state index in [-0.39, 0.29) is 17.6 Å². The van der Waals surface area contributed by atoms with Gasteiger partial charge in [-0.05, 0) is 92.1 Å². The molecule has 0 aliphatic carbocycles. The van der Waals surface area contributed by atoms with Gasteiger partial charge in [0, 0.05) is 10.0 Å². The van der Waals surface area contributed by atoms with Crippen LogP contribution in [0.4, 0.5) is 5.69 Å². The summed E-state index contributed by atoms with van der Waals surface area (Å²) in [5.41, 5.74) is 2.55. The summed E-state index contributed by atoms with van der Waals surface area (Å²) < 4.78 is 19.5. The van der Waals surface area contributed by atoms with Crippen molar-refractivity contribution >= 4 is 82.8 Å². The quantitative estimate of drug-likeness (QED) is 0.218. The van der Waals surface area contributed by atoms with E-state index in [0.717, 1.165) is 24.5 Å². The fourth-order valence-electron chi connectivity index (χ4n) is 3.55. The van der Waals surface area contributed by atoms with Gasteiger partial charge in [-0.25, -0.2) is 4.90 Å². The molecule has 0 aromatic heterocycles. The van der Waals surface area contributed by atoms with Crippen LogP contribution in [0.3, 0.4) is 0 Å². The van der Waals surface area contributed by atoms with E-state index in [0.29, 0.717) is 28.6 Å². The number of nitrogens with zero attached hydrogens (tertiary/aromatic N) is 1. The number of amides is 1. The number of benzene rings is 3. The number of hydrogen-bond donors (Lipinski definition) is 1.